The molecule has 0 saturated carbocycles. The van der Waals surface area contributed by atoms with Crippen molar-refractivity contribution in [1.29, 1.82) is 0 Å². The second kappa shape index (κ2) is 15.3. The Bertz CT molecular complexity index is 386. The molecule has 0 aromatic carbocycles. The molecule has 28 heavy (non-hydrogen) atoms. The number of quaternary nitrogens is 1. The number of nitrogens with zero attached hydrogens (tertiary/aromatic N) is 1. The summed E-state index contributed by atoms with van der Waals surface area (Å²) in [5.41, 5.74) is 0. The molecule has 0 aliphatic carbocycles. The summed E-state index contributed by atoms with van der Waals surface area (Å²) in [4.78, 5) is 12.0. The van der Waals surface area contributed by atoms with E-state index in [9.17, 15) is 4.79 Å². The Morgan fingerprint density at radius 1 is 0.714 bits per heavy atom. The molecule has 0 bridgehead atoms. The van der Waals surface area contributed by atoms with E-state index in [1.54, 1.807) is 0 Å². The van der Waals surface area contributed by atoms with E-state index in [0.29, 0.717) is 12.3 Å². The average Bonchev–Trinajstić information content (AvgIpc) is 2.53. The van der Waals surface area contributed by atoms with Crippen molar-refractivity contribution in [3.63, 3.8) is 0 Å². The van der Waals surface area contributed by atoms with E-state index < -0.39 is 0 Å². The van der Waals surface area contributed by atoms with Crippen molar-refractivity contribution in [2.45, 2.75) is 98.8 Å². The first-order valence-electron chi connectivity index (χ1n) is 12.1. The van der Waals surface area contributed by atoms with Crippen molar-refractivity contribution in [2.24, 2.45) is 23.7 Å². The van der Waals surface area contributed by atoms with Crippen molar-refractivity contribution in [3.8, 4) is 0 Å². The minimum Gasteiger partial charge on any atom is -0.350 e. The molecule has 3 atom stereocenters. The molecule has 0 aliphatic rings. The summed E-state index contributed by atoms with van der Waals surface area (Å²) >= 11 is 0. The van der Waals surface area contributed by atoms with Gasteiger partial charge in [0.25, 0.3) is 0 Å². The standard InChI is InChI=1S/C25H52N2O/c1-21(2)12-9-13-22(3)14-10-15-23(4)16-11-17-24(5)20-25(28)26-18-19-27(6,7)8/h21-24H,9-20H2,1-8H3/p+1. The van der Waals surface area contributed by atoms with E-state index in [1.807, 2.05) is 0 Å². The van der Waals surface area contributed by atoms with Crippen molar-refractivity contribution in [2.75, 3.05) is 34.2 Å². The van der Waals surface area contributed by atoms with E-state index in [-0.39, 0.29) is 5.91 Å². The van der Waals surface area contributed by atoms with E-state index >= 15 is 0 Å². The lowest BCUT2D eigenvalue weighted by atomic mass is 9.90. The topological polar surface area (TPSA) is 29.1 Å². The minimum absolute atomic E-state index is 0.223. The van der Waals surface area contributed by atoms with Gasteiger partial charge in [0.1, 0.15) is 0 Å². The van der Waals surface area contributed by atoms with E-state index in [0.717, 1.165) is 35.3 Å². The molecule has 1 N–H and O–H groups in total. The predicted molar refractivity (Wildman–Crippen MR) is 124 cm³/mol. The lowest BCUT2D eigenvalue weighted by molar-refractivity contribution is -0.869. The summed E-state index contributed by atoms with van der Waals surface area (Å²) in [6.07, 6.45) is 12.8. The van der Waals surface area contributed by atoms with Crippen molar-refractivity contribution in [3.05, 3.63) is 0 Å². The summed E-state index contributed by atoms with van der Waals surface area (Å²) in [5.74, 6) is 3.29. The summed E-state index contributed by atoms with van der Waals surface area (Å²) in [6.45, 7) is 13.5. The van der Waals surface area contributed by atoms with Crippen LogP contribution in [0.4, 0.5) is 0 Å². The van der Waals surface area contributed by atoms with Gasteiger partial charge in [-0.25, -0.2) is 0 Å². The number of hydrogen-bond donors (Lipinski definition) is 1. The highest BCUT2D eigenvalue weighted by Gasteiger charge is 2.12. The molecule has 0 rings (SSSR count). The predicted octanol–water partition coefficient (Wildman–Crippen LogP) is 6.27. The maximum atomic E-state index is 12.0. The van der Waals surface area contributed by atoms with Crippen molar-refractivity contribution in [1.82, 2.24) is 5.32 Å². The molecule has 0 heterocycles. The van der Waals surface area contributed by atoms with Crippen LogP contribution in [0.3, 0.4) is 0 Å². The fraction of sp³-hybridized carbons (Fsp3) is 0.960. The van der Waals surface area contributed by atoms with Gasteiger partial charge in [-0.1, -0.05) is 92.4 Å². The van der Waals surface area contributed by atoms with E-state index in [4.69, 9.17) is 0 Å². The van der Waals surface area contributed by atoms with Gasteiger partial charge >= 0.3 is 0 Å². The third-order valence-electron chi connectivity index (χ3n) is 5.90. The van der Waals surface area contributed by atoms with Crippen LogP contribution in [0.5, 0.6) is 0 Å². The van der Waals surface area contributed by atoms with E-state index in [2.05, 4.69) is 61.1 Å². The summed E-state index contributed by atoms with van der Waals surface area (Å²) in [5, 5.41) is 3.07. The van der Waals surface area contributed by atoms with Crippen LogP contribution in [0.25, 0.3) is 0 Å². The fourth-order valence-electron chi connectivity index (χ4n) is 3.81. The van der Waals surface area contributed by atoms with Gasteiger partial charge in [-0.05, 0) is 23.7 Å². The molecule has 0 spiro atoms. The molecule has 168 valence electrons. The Hall–Kier alpha value is -0.570. The highest BCUT2D eigenvalue weighted by molar-refractivity contribution is 5.76. The molecule has 3 nitrogen and oxygen atoms in total. The van der Waals surface area contributed by atoms with Crippen LogP contribution in [-0.2, 0) is 4.79 Å². The molecule has 0 aromatic heterocycles. The van der Waals surface area contributed by atoms with Crippen LogP contribution in [0.1, 0.15) is 98.8 Å². The molecular formula is C25H53N2O+. The van der Waals surface area contributed by atoms with Crippen molar-refractivity contribution >= 4 is 5.91 Å². The van der Waals surface area contributed by atoms with Gasteiger partial charge in [-0.15, -0.1) is 0 Å². The van der Waals surface area contributed by atoms with Crippen LogP contribution >= 0.6 is 0 Å². The second-order valence-corrected chi connectivity index (χ2v) is 11.1. The zero-order valence-corrected chi connectivity index (χ0v) is 20.7. The number of amides is 1. The third-order valence-corrected chi connectivity index (χ3v) is 5.90. The zero-order valence-electron chi connectivity index (χ0n) is 20.7. The number of likely N-dealkylation sites (N-methyl/N-ethyl adjacent to an activating group) is 1. The first kappa shape index (κ1) is 27.4. The SMILES string of the molecule is CC(C)CCCC(C)CCCC(C)CCCC(C)CC(=O)NCC[N+](C)(C)C. The van der Waals surface area contributed by atoms with Crippen LogP contribution in [0.15, 0.2) is 0 Å². The first-order chi connectivity index (χ1) is 13.0. The quantitative estimate of drug-likeness (QED) is 0.288. The van der Waals surface area contributed by atoms with Gasteiger partial charge in [0.15, 0.2) is 0 Å². The molecule has 0 saturated heterocycles. The Labute approximate surface area is 177 Å². The zero-order chi connectivity index (χ0) is 21.6. The number of carbonyl (C=O) groups is 1. The van der Waals surface area contributed by atoms with Gasteiger partial charge in [-0.2, -0.15) is 0 Å². The van der Waals surface area contributed by atoms with Gasteiger partial charge in [0, 0.05) is 6.42 Å². The first-order valence-corrected chi connectivity index (χ1v) is 12.1. The normalized spacial score (nSPS) is 15.5. The second-order valence-electron chi connectivity index (χ2n) is 11.1. The summed E-state index contributed by atoms with van der Waals surface area (Å²) in [6, 6.07) is 0. The van der Waals surface area contributed by atoms with Gasteiger partial charge in [0.2, 0.25) is 5.91 Å². The summed E-state index contributed by atoms with van der Waals surface area (Å²) in [7, 11) is 6.47. The Kier molecular flexibility index (Phi) is 15.0. The van der Waals surface area contributed by atoms with Gasteiger partial charge in [0.05, 0.1) is 34.2 Å². The lowest BCUT2D eigenvalue weighted by Gasteiger charge is -2.24. The molecular weight excluding hydrogens is 344 g/mol. The number of hydrogen-bond acceptors (Lipinski definition) is 1. The van der Waals surface area contributed by atoms with Gasteiger partial charge in [-0.3, -0.25) is 4.79 Å². The molecule has 0 aliphatic heterocycles. The highest BCUT2D eigenvalue weighted by Crippen LogP contribution is 2.22. The molecule has 1 amide bonds. The molecule has 0 radical (unpaired) electrons. The fourth-order valence-corrected chi connectivity index (χ4v) is 3.81. The minimum atomic E-state index is 0.223. The molecule has 3 unspecified atom stereocenters. The van der Waals surface area contributed by atoms with Crippen molar-refractivity contribution < 1.29 is 9.28 Å². The van der Waals surface area contributed by atoms with E-state index in [1.165, 1.54) is 57.8 Å². The number of rotatable bonds is 17. The Balaban J connectivity index is 3.68. The number of nitrogens with one attached hydrogen (secondary N) is 1. The van der Waals surface area contributed by atoms with Crippen LogP contribution < -0.4 is 5.32 Å². The Morgan fingerprint density at radius 3 is 1.57 bits per heavy atom. The molecule has 0 fully saturated rings. The maximum absolute atomic E-state index is 12.0. The smallest absolute Gasteiger partial charge is 0.220 e. The average molecular weight is 398 g/mol. The van der Waals surface area contributed by atoms with Crippen LogP contribution in [-0.4, -0.2) is 44.6 Å². The monoisotopic (exact) mass is 397 g/mol. The largest absolute Gasteiger partial charge is 0.350 e. The highest BCUT2D eigenvalue weighted by atomic mass is 16.1. The van der Waals surface area contributed by atoms with Crippen LogP contribution in [0, 0.1) is 23.7 Å². The summed E-state index contributed by atoms with van der Waals surface area (Å²) < 4.78 is 0.893. The molecule has 0 aromatic rings. The van der Waals surface area contributed by atoms with Gasteiger partial charge < -0.3 is 9.80 Å². The number of carbonyl (C=O) groups excluding carboxylic acids is 1. The van der Waals surface area contributed by atoms with Crippen LogP contribution in [0.2, 0.25) is 0 Å². The third kappa shape index (κ3) is 18.8. The maximum Gasteiger partial charge on any atom is 0.220 e. The lowest BCUT2D eigenvalue weighted by Crippen LogP contribution is -2.42. The molecule has 3 heteroatoms. The Morgan fingerprint density at radius 2 is 1.14 bits per heavy atom.